The molecule has 1 saturated carbocycles. The predicted molar refractivity (Wildman–Crippen MR) is 184 cm³/mol. The summed E-state index contributed by atoms with van der Waals surface area (Å²) < 4.78 is 7.99. The van der Waals surface area contributed by atoms with Crippen LogP contribution in [0.15, 0.2) is 97.1 Å². The summed E-state index contributed by atoms with van der Waals surface area (Å²) in [7, 11) is 5.81. The lowest BCUT2D eigenvalue weighted by Gasteiger charge is -2.25. The van der Waals surface area contributed by atoms with Gasteiger partial charge in [-0.25, -0.2) is 9.78 Å². The van der Waals surface area contributed by atoms with Gasteiger partial charge >= 0.3 is 5.97 Å². The smallest absolute Gasteiger partial charge is 0.335 e. The van der Waals surface area contributed by atoms with Gasteiger partial charge in [0.1, 0.15) is 11.6 Å². The Morgan fingerprint density at radius 1 is 0.778 bits per heavy atom. The summed E-state index contributed by atoms with van der Waals surface area (Å²) in [5.41, 5.74) is 8.74. The fraction of sp³-hybridized carbons (Fsp3) is 0.231. The average molecular weight is 596 g/mol. The van der Waals surface area contributed by atoms with E-state index in [0.717, 1.165) is 79.7 Å². The third-order valence-electron chi connectivity index (χ3n) is 9.21. The standard InChI is InChI=1S/C39H37N3O3/c1-41(2)31-16-13-25(14-17-31)34-19-18-33(45-3)24-35(34)28-11-9-27-22-29(12-10-26(27)21-28)38-40-36-23-30(39(43)44)15-20-37(36)42(38)32-7-5-4-6-8-32/h9-24,32H,4-8H2,1-3H3,(H,43,44). The van der Waals surface area contributed by atoms with E-state index in [2.05, 4.69) is 96.4 Å². The van der Waals surface area contributed by atoms with Crippen LogP contribution in [-0.4, -0.2) is 41.8 Å². The van der Waals surface area contributed by atoms with E-state index < -0.39 is 5.97 Å². The molecule has 6 aromatic rings. The molecule has 1 fully saturated rings. The van der Waals surface area contributed by atoms with Crippen LogP contribution in [0.3, 0.4) is 0 Å². The van der Waals surface area contributed by atoms with Crippen molar-refractivity contribution >= 4 is 33.5 Å². The Kier molecular flexibility index (Phi) is 7.50. The molecule has 1 N–H and O–H groups in total. The van der Waals surface area contributed by atoms with Crippen molar-refractivity contribution < 1.29 is 14.6 Å². The van der Waals surface area contributed by atoms with E-state index in [4.69, 9.17) is 9.72 Å². The number of anilines is 1. The predicted octanol–water partition coefficient (Wildman–Crippen LogP) is 9.47. The first-order chi connectivity index (χ1) is 21.9. The van der Waals surface area contributed by atoms with Gasteiger partial charge < -0.3 is 19.3 Å². The number of methoxy groups -OCH3 is 1. The van der Waals surface area contributed by atoms with E-state index in [1.54, 1.807) is 19.2 Å². The van der Waals surface area contributed by atoms with E-state index in [-0.39, 0.29) is 5.56 Å². The molecule has 0 spiro atoms. The van der Waals surface area contributed by atoms with Crippen LogP contribution in [-0.2, 0) is 0 Å². The topological polar surface area (TPSA) is 67.6 Å². The molecule has 0 aliphatic heterocycles. The van der Waals surface area contributed by atoms with Crippen LogP contribution in [0.5, 0.6) is 5.75 Å². The number of hydrogen-bond acceptors (Lipinski definition) is 4. The fourth-order valence-corrected chi connectivity index (χ4v) is 6.78. The van der Waals surface area contributed by atoms with Crippen LogP contribution in [0.2, 0.25) is 0 Å². The quantitative estimate of drug-likeness (QED) is 0.199. The highest BCUT2D eigenvalue weighted by molar-refractivity contribution is 5.96. The first kappa shape index (κ1) is 28.7. The highest BCUT2D eigenvalue weighted by atomic mass is 16.5. The number of ether oxygens (including phenoxy) is 1. The van der Waals surface area contributed by atoms with Crippen LogP contribution < -0.4 is 9.64 Å². The minimum absolute atomic E-state index is 0.263. The monoisotopic (exact) mass is 595 g/mol. The molecule has 0 amide bonds. The van der Waals surface area contributed by atoms with E-state index in [0.29, 0.717) is 6.04 Å². The average Bonchev–Trinajstić information content (AvgIpc) is 3.47. The molecule has 226 valence electrons. The number of aromatic nitrogens is 2. The molecule has 0 saturated heterocycles. The van der Waals surface area contributed by atoms with Crippen molar-refractivity contribution in [1.29, 1.82) is 0 Å². The Labute approximate surface area is 263 Å². The van der Waals surface area contributed by atoms with Gasteiger partial charge in [0, 0.05) is 31.4 Å². The number of benzene rings is 5. The molecule has 0 radical (unpaired) electrons. The van der Waals surface area contributed by atoms with Gasteiger partial charge in [-0.2, -0.15) is 0 Å². The summed E-state index contributed by atoms with van der Waals surface area (Å²) in [4.78, 5) is 18.9. The van der Waals surface area contributed by atoms with Crippen molar-refractivity contribution in [3.05, 3.63) is 103 Å². The Morgan fingerprint density at radius 2 is 1.47 bits per heavy atom. The molecule has 6 nitrogen and oxygen atoms in total. The van der Waals surface area contributed by atoms with Gasteiger partial charge in [0.05, 0.1) is 23.7 Å². The van der Waals surface area contributed by atoms with Crippen LogP contribution in [0, 0.1) is 0 Å². The second-order valence-corrected chi connectivity index (χ2v) is 12.2. The molecule has 1 aliphatic carbocycles. The highest BCUT2D eigenvalue weighted by Crippen LogP contribution is 2.39. The number of rotatable bonds is 7. The third-order valence-corrected chi connectivity index (χ3v) is 9.21. The van der Waals surface area contributed by atoms with Crippen molar-refractivity contribution in [2.24, 2.45) is 0 Å². The molecule has 5 aromatic carbocycles. The van der Waals surface area contributed by atoms with E-state index in [1.165, 1.54) is 19.3 Å². The SMILES string of the molecule is COc1ccc(-c2ccc(N(C)C)cc2)c(-c2ccc3cc(-c4nc5cc(C(=O)O)ccc5n4C4CCCCC4)ccc3c2)c1. The van der Waals surface area contributed by atoms with Gasteiger partial charge in [0.25, 0.3) is 0 Å². The zero-order valence-electron chi connectivity index (χ0n) is 26.0. The molecule has 45 heavy (non-hydrogen) atoms. The lowest BCUT2D eigenvalue weighted by Crippen LogP contribution is -2.14. The summed E-state index contributed by atoms with van der Waals surface area (Å²) in [5.74, 6) is 0.792. The van der Waals surface area contributed by atoms with Gasteiger partial charge in [0.15, 0.2) is 0 Å². The van der Waals surface area contributed by atoms with Crippen LogP contribution in [0.4, 0.5) is 5.69 Å². The van der Waals surface area contributed by atoms with Crippen LogP contribution in [0.25, 0.3) is 55.4 Å². The number of carboxylic acid groups (broad SMARTS) is 1. The second-order valence-electron chi connectivity index (χ2n) is 12.2. The van der Waals surface area contributed by atoms with E-state index in [9.17, 15) is 9.90 Å². The highest BCUT2D eigenvalue weighted by Gasteiger charge is 2.23. The summed E-state index contributed by atoms with van der Waals surface area (Å²) in [5, 5.41) is 11.9. The Bertz CT molecular complexity index is 2040. The van der Waals surface area contributed by atoms with Gasteiger partial charge in [0.2, 0.25) is 0 Å². The van der Waals surface area contributed by atoms with Gasteiger partial charge in [-0.15, -0.1) is 0 Å². The first-order valence-corrected chi connectivity index (χ1v) is 15.7. The minimum Gasteiger partial charge on any atom is -0.497 e. The van der Waals surface area contributed by atoms with Crippen molar-refractivity contribution in [3.8, 4) is 39.4 Å². The molecule has 6 heteroatoms. The van der Waals surface area contributed by atoms with Crippen LogP contribution in [0.1, 0.15) is 48.5 Å². The zero-order chi connectivity index (χ0) is 31.1. The Morgan fingerprint density at radius 3 is 2.16 bits per heavy atom. The molecule has 0 unspecified atom stereocenters. The number of carbonyl (C=O) groups is 1. The van der Waals surface area contributed by atoms with Gasteiger partial charge in [-0.3, -0.25) is 0 Å². The molecule has 0 atom stereocenters. The van der Waals surface area contributed by atoms with Crippen molar-refractivity contribution in [2.45, 2.75) is 38.1 Å². The molecular weight excluding hydrogens is 558 g/mol. The lowest BCUT2D eigenvalue weighted by molar-refractivity contribution is 0.0697. The number of imidazole rings is 1. The largest absolute Gasteiger partial charge is 0.497 e. The number of hydrogen-bond donors (Lipinski definition) is 1. The molecule has 1 heterocycles. The zero-order valence-corrected chi connectivity index (χ0v) is 26.0. The van der Waals surface area contributed by atoms with E-state index >= 15 is 0 Å². The van der Waals surface area contributed by atoms with Crippen molar-refractivity contribution in [1.82, 2.24) is 9.55 Å². The number of aromatic carboxylic acids is 1. The number of nitrogens with zero attached hydrogens (tertiary/aromatic N) is 3. The maximum Gasteiger partial charge on any atom is 0.335 e. The molecular formula is C39H37N3O3. The Hall–Kier alpha value is -5.10. The lowest BCUT2D eigenvalue weighted by atomic mass is 9.92. The molecule has 7 rings (SSSR count). The van der Waals surface area contributed by atoms with E-state index in [1.807, 2.05) is 12.1 Å². The molecule has 0 bridgehead atoms. The summed E-state index contributed by atoms with van der Waals surface area (Å²) in [6, 6.07) is 33.7. The maximum atomic E-state index is 11.7. The Balaban J connectivity index is 1.31. The third kappa shape index (κ3) is 5.42. The normalized spacial score (nSPS) is 13.8. The number of fused-ring (bicyclic) bond motifs is 2. The summed E-state index contributed by atoms with van der Waals surface area (Å²) >= 11 is 0. The first-order valence-electron chi connectivity index (χ1n) is 15.7. The van der Waals surface area contributed by atoms with Gasteiger partial charge in [-0.1, -0.05) is 61.7 Å². The van der Waals surface area contributed by atoms with Crippen LogP contribution >= 0.6 is 0 Å². The summed E-state index contributed by atoms with van der Waals surface area (Å²) in [6.07, 6.45) is 5.87. The fourth-order valence-electron chi connectivity index (χ4n) is 6.78. The second kappa shape index (κ2) is 11.8. The number of carboxylic acids is 1. The maximum absolute atomic E-state index is 11.7. The molecule has 1 aromatic heterocycles. The summed E-state index contributed by atoms with van der Waals surface area (Å²) in [6.45, 7) is 0. The van der Waals surface area contributed by atoms with Crippen molar-refractivity contribution in [3.63, 3.8) is 0 Å². The minimum atomic E-state index is -0.933. The molecule has 1 aliphatic rings. The van der Waals surface area contributed by atoms with Crippen molar-refractivity contribution in [2.75, 3.05) is 26.1 Å². The van der Waals surface area contributed by atoms with Gasteiger partial charge in [-0.05, 0) is 100 Å².